The molecule has 0 bridgehead atoms. The Kier molecular flexibility index (Phi) is 3.66. The van der Waals surface area contributed by atoms with Gasteiger partial charge in [0.25, 0.3) is 0 Å². The summed E-state index contributed by atoms with van der Waals surface area (Å²) in [6.45, 7) is 5.78. The number of carboxylic acid groups (broad SMARTS) is 1. The lowest BCUT2D eigenvalue weighted by atomic mass is 9.90. The fourth-order valence-electron chi connectivity index (χ4n) is 1.74. The van der Waals surface area contributed by atoms with E-state index < -0.39 is 23.2 Å². The van der Waals surface area contributed by atoms with Crippen molar-refractivity contribution in [3.63, 3.8) is 0 Å². The van der Waals surface area contributed by atoms with E-state index in [4.69, 9.17) is 15.6 Å². The van der Waals surface area contributed by atoms with Gasteiger partial charge in [-0.25, -0.2) is 4.79 Å². The number of hydrogen-bond donors (Lipinski definition) is 2. The first-order chi connectivity index (χ1) is 7.64. The van der Waals surface area contributed by atoms with Crippen LogP contribution in [0.5, 0.6) is 0 Å². The Balaban J connectivity index is 2.67. The molecule has 0 aromatic rings. The van der Waals surface area contributed by atoms with Crippen LogP contribution < -0.4 is 5.73 Å². The third-order valence-corrected chi connectivity index (χ3v) is 2.60. The molecule has 98 valence electrons. The summed E-state index contributed by atoms with van der Waals surface area (Å²) in [5.74, 6) is -1.08. The zero-order valence-electron chi connectivity index (χ0n) is 10.5. The van der Waals surface area contributed by atoms with Crippen LogP contribution in [0.15, 0.2) is 0 Å². The number of carbonyl (C=O) groups excluding carboxylic acids is 1. The van der Waals surface area contributed by atoms with Crippen LogP contribution in [0, 0.1) is 0 Å². The number of aliphatic carboxylic acids is 1. The van der Waals surface area contributed by atoms with Gasteiger partial charge < -0.3 is 20.5 Å². The second kappa shape index (κ2) is 4.52. The lowest BCUT2D eigenvalue weighted by molar-refractivity contribution is -0.145. The highest BCUT2D eigenvalue weighted by Gasteiger charge is 2.41. The molecule has 0 saturated carbocycles. The van der Waals surface area contributed by atoms with Crippen LogP contribution in [0.25, 0.3) is 0 Å². The number of amides is 1. The molecular formula is C11H20N2O4. The van der Waals surface area contributed by atoms with Crippen LogP contribution in [0.4, 0.5) is 4.79 Å². The summed E-state index contributed by atoms with van der Waals surface area (Å²) in [4.78, 5) is 24.2. The van der Waals surface area contributed by atoms with E-state index in [2.05, 4.69) is 0 Å². The summed E-state index contributed by atoms with van der Waals surface area (Å²) in [5.41, 5.74) is 3.80. The van der Waals surface area contributed by atoms with Crippen molar-refractivity contribution < 1.29 is 19.4 Å². The van der Waals surface area contributed by atoms with Gasteiger partial charge in [-0.15, -0.1) is 0 Å². The van der Waals surface area contributed by atoms with Crippen LogP contribution in [0.1, 0.15) is 33.6 Å². The number of nitrogens with zero attached hydrogens (tertiary/aromatic N) is 1. The van der Waals surface area contributed by atoms with Gasteiger partial charge in [0, 0.05) is 6.54 Å². The van der Waals surface area contributed by atoms with E-state index in [9.17, 15) is 9.59 Å². The molecule has 0 aliphatic carbocycles. The number of ether oxygens (including phenoxy) is 1. The number of likely N-dealkylation sites (tertiary alicyclic amines) is 1. The van der Waals surface area contributed by atoms with Gasteiger partial charge in [-0.3, -0.25) is 4.79 Å². The molecule has 1 rings (SSSR count). The van der Waals surface area contributed by atoms with E-state index in [1.54, 1.807) is 20.8 Å². The Hall–Kier alpha value is -1.30. The zero-order valence-corrected chi connectivity index (χ0v) is 10.5. The van der Waals surface area contributed by atoms with Crippen LogP contribution in [0.2, 0.25) is 0 Å². The quantitative estimate of drug-likeness (QED) is 0.711. The molecular weight excluding hydrogens is 224 g/mol. The monoisotopic (exact) mass is 244 g/mol. The van der Waals surface area contributed by atoms with Gasteiger partial charge in [0.1, 0.15) is 11.1 Å². The van der Waals surface area contributed by atoms with Gasteiger partial charge in [-0.1, -0.05) is 0 Å². The molecule has 1 amide bonds. The molecule has 1 heterocycles. The molecule has 3 N–H and O–H groups in total. The van der Waals surface area contributed by atoms with Crippen molar-refractivity contribution in [1.29, 1.82) is 0 Å². The molecule has 1 saturated heterocycles. The van der Waals surface area contributed by atoms with E-state index >= 15 is 0 Å². The number of rotatable bonds is 1. The fourth-order valence-corrected chi connectivity index (χ4v) is 1.74. The third-order valence-electron chi connectivity index (χ3n) is 2.60. The molecule has 0 aromatic carbocycles. The third kappa shape index (κ3) is 3.59. The van der Waals surface area contributed by atoms with E-state index in [0.717, 1.165) is 0 Å². The number of carbonyl (C=O) groups is 2. The normalized spacial score (nSPS) is 25.5. The van der Waals surface area contributed by atoms with Crippen molar-refractivity contribution in [2.24, 2.45) is 5.73 Å². The SMILES string of the molecule is CC(C)(C)OC(=O)N1CCCC(N)(C(=O)O)C1. The molecule has 1 atom stereocenters. The zero-order chi connectivity index (χ0) is 13.3. The predicted molar refractivity (Wildman–Crippen MR) is 61.6 cm³/mol. The van der Waals surface area contributed by atoms with E-state index in [-0.39, 0.29) is 6.54 Å². The van der Waals surface area contributed by atoms with Crippen molar-refractivity contribution in [3.8, 4) is 0 Å². The first-order valence-electron chi connectivity index (χ1n) is 5.64. The number of carboxylic acids is 1. The smallest absolute Gasteiger partial charge is 0.410 e. The molecule has 0 radical (unpaired) electrons. The van der Waals surface area contributed by atoms with Gasteiger partial charge in [0.15, 0.2) is 0 Å². The lowest BCUT2D eigenvalue weighted by Gasteiger charge is -2.37. The van der Waals surface area contributed by atoms with Crippen molar-refractivity contribution in [1.82, 2.24) is 4.90 Å². The number of nitrogens with two attached hydrogens (primary N) is 1. The summed E-state index contributed by atoms with van der Waals surface area (Å²) in [7, 11) is 0. The highest BCUT2D eigenvalue weighted by Crippen LogP contribution is 2.21. The first kappa shape index (κ1) is 13.8. The topological polar surface area (TPSA) is 92.9 Å². The lowest BCUT2D eigenvalue weighted by Crippen LogP contribution is -2.60. The maximum atomic E-state index is 11.8. The summed E-state index contributed by atoms with van der Waals surface area (Å²) in [5, 5.41) is 9.03. The second-order valence-electron chi connectivity index (χ2n) is 5.47. The van der Waals surface area contributed by atoms with Crippen LogP contribution in [-0.2, 0) is 9.53 Å². The summed E-state index contributed by atoms with van der Waals surface area (Å²) in [6.07, 6.45) is 0.442. The predicted octanol–water partition coefficient (Wildman–Crippen LogP) is 0.799. The molecule has 1 aliphatic heterocycles. The van der Waals surface area contributed by atoms with Crippen molar-refractivity contribution in [2.75, 3.05) is 13.1 Å². The Bertz CT molecular complexity index is 324. The van der Waals surface area contributed by atoms with Crippen molar-refractivity contribution >= 4 is 12.1 Å². The molecule has 1 unspecified atom stereocenters. The Labute approximate surface area is 101 Å². The van der Waals surface area contributed by atoms with Gasteiger partial charge in [0.05, 0.1) is 6.54 Å². The van der Waals surface area contributed by atoms with Crippen molar-refractivity contribution in [3.05, 3.63) is 0 Å². The molecule has 0 aromatic heterocycles. The van der Waals surface area contributed by atoms with E-state index in [1.165, 1.54) is 4.90 Å². The summed E-state index contributed by atoms with van der Waals surface area (Å²) in [6, 6.07) is 0. The molecule has 1 aliphatic rings. The Morgan fingerprint density at radius 2 is 2.00 bits per heavy atom. The Morgan fingerprint density at radius 1 is 1.41 bits per heavy atom. The highest BCUT2D eigenvalue weighted by molar-refractivity contribution is 5.80. The van der Waals surface area contributed by atoms with E-state index in [1.807, 2.05) is 0 Å². The Morgan fingerprint density at radius 3 is 2.47 bits per heavy atom. The van der Waals surface area contributed by atoms with Gasteiger partial charge in [0.2, 0.25) is 0 Å². The molecule has 6 heteroatoms. The average Bonchev–Trinajstić information content (AvgIpc) is 2.15. The first-order valence-corrected chi connectivity index (χ1v) is 5.64. The maximum absolute atomic E-state index is 11.8. The molecule has 17 heavy (non-hydrogen) atoms. The van der Waals surface area contributed by atoms with Crippen molar-refractivity contribution in [2.45, 2.75) is 44.8 Å². The summed E-state index contributed by atoms with van der Waals surface area (Å²) >= 11 is 0. The van der Waals surface area contributed by atoms with Crippen LogP contribution in [-0.4, -0.2) is 46.3 Å². The molecule has 1 fully saturated rings. The fraction of sp³-hybridized carbons (Fsp3) is 0.818. The second-order valence-corrected chi connectivity index (χ2v) is 5.47. The minimum atomic E-state index is -1.35. The van der Waals surface area contributed by atoms with Gasteiger partial charge in [-0.2, -0.15) is 0 Å². The highest BCUT2D eigenvalue weighted by atomic mass is 16.6. The van der Waals surface area contributed by atoms with Gasteiger partial charge >= 0.3 is 12.1 Å². The largest absolute Gasteiger partial charge is 0.480 e. The molecule has 6 nitrogen and oxygen atoms in total. The van der Waals surface area contributed by atoms with Crippen LogP contribution in [0.3, 0.4) is 0 Å². The number of piperidine rings is 1. The maximum Gasteiger partial charge on any atom is 0.410 e. The van der Waals surface area contributed by atoms with Gasteiger partial charge in [-0.05, 0) is 33.6 Å². The average molecular weight is 244 g/mol. The van der Waals surface area contributed by atoms with Crippen LogP contribution >= 0.6 is 0 Å². The number of hydrogen-bond acceptors (Lipinski definition) is 4. The van der Waals surface area contributed by atoms with E-state index in [0.29, 0.717) is 19.4 Å². The standard InChI is InChI=1S/C11H20N2O4/c1-10(2,3)17-9(16)13-6-4-5-11(12,7-13)8(14)15/h4-7,12H2,1-3H3,(H,14,15). The minimum Gasteiger partial charge on any atom is -0.480 e. The molecule has 0 spiro atoms. The summed E-state index contributed by atoms with van der Waals surface area (Å²) < 4.78 is 5.19. The minimum absolute atomic E-state index is 0.00273.